The lowest BCUT2D eigenvalue weighted by Crippen LogP contribution is -2.20. The van der Waals surface area contributed by atoms with Crippen LogP contribution in [0.15, 0.2) is 23.1 Å². The number of hydrogen-bond donors (Lipinski definition) is 1. The molecular formula is C12H16BrN5. The predicted molar refractivity (Wildman–Crippen MR) is 73.1 cm³/mol. The van der Waals surface area contributed by atoms with Gasteiger partial charge in [0.15, 0.2) is 0 Å². The first kappa shape index (κ1) is 13.2. The van der Waals surface area contributed by atoms with Gasteiger partial charge in [-0.15, -0.1) is 0 Å². The second-order valence-electron chi connectivity index (χ2n) is 4.13. The van der Waals surface area contributed by atoms with E-state index < -0.39 is 0 Å². The standard InChI is InChI=1S/C12H16BrN5/c1-9-11(6-15-10(2)17-9)5-14-3-4-18-8-12(13)7-16-18/h6-8,14H,3-5H2,1-2H3. The Morgan fingerprint density at radius 2 is 2.17 bits per heavy atom. The van der Waals surface area contributed by atoms with Gasteiger partial charge in [0, 0.05) is 36.7 Å². The Morgan fingerprint density at radius 1 is 1.33 bits per heavy atom. The van der Waals surface area contributed by atoms with Crippen LogP contribution in [-0.2, 0) is 13.1 Å². The molecule has 0 unspecified atom stereocenters. The minimum absolute atomic E-state index is 0.786. The molecule has 0 amide bonds. The van der Waals surface area contributed by atoms with E-state index in [-0.39, 0.29) is 0 Å². The van der Waals surface area contributed by atoms with Crippen molar-refractivity contribution in [3.8, 4) is 0 Å². The van der Waals surface area contributed by atoms with Gasteiger partial charge >= 0.3 is 0 Å². The van der Waals surface area contributed by atoms with E-state index in [2.05, 4.69) is 36.3 Å². The second-order valence-corrected chi connectivity index (χ2v) is 5.04. The molecule has 0 radical (unpaired) electrons. The Balaban J connectivity index is 1.78. The first-order valence-corrected chi connectivity index (χ1v) is 6.62. The molecule has 1 N–H and O–H groups in total. The quantitative estimate of drug-likeness (QED) is 0.856. The fourth-order valence-electron chi connectivity index (χ4n) is 1.66. The zero-order chi connectivity index (χ0) is 13.0. The maximum atomic E-state index is 4.34. The molecule has 0 atom stereocenters. The van der Waals surface area contributed by atoms with Gasteiger partial charge < -0.3 is 5.32 Å². The van der Waals surface area contributed by atoms with Crippen molar-refractivity contribution >= 4 is 15.9 Å². The molecule has 96 valence electrons. The molecule has 0 fully saturated rings. The van der Waals surface area contributed by atoms with Crippen LogP contribution < -0.4 is 5.32 Å². The molecule has 0 spiro atoms. The van der Waals surface area contributed by atoms with Crippen LogP contribution in [0.4, 0.5) is 0 Å². The van der Waals surface area contributed by atoms with Crippen molar-refractivity contribution < 1.29 is 0 Å². The Morgan fingerprint density at radius 3 is 2.83 bits per heavy atom. The summed E-state index contributed by atoms with van der Waals surface area (Å²) in [6, 6.07) is 0. The first-order chi connectivity index (χ1) is 8.65. The molecule has 0 aliphatic heterocycles. The van der Waals surface area contributed by atoms with Gasteiger partial charge in [0.05, 0.1) is 17.2 Å². The monoisotopic (exact) mass is 309 g/mol. The molecular weight excluding hydrogens is 294 g/mol. The van der Waals surface area contributed by atoms with Crippen LogP contribution in [-0.4, -0.2) is 26.3 Å². The molecule has 0 bridgehead atoms. The second kappa shape index (κ2) is 6.06. The van der Waals surface area contributed by atoms with Crippen molar-refractivity contribution in [2.45, 2.75) is 26.9 Å². The van der Waals surface area contributed by atoms with E-state index >= 15 is 0 Å². The minimum atomic E-state index is 0.786. The summed E-state index contributed by atoms with van der Waals surface area (Å²) in [5.74, 6) is 0.817. The molecule has 2 rings (SSSR count). The van der Waals surface area contributed by atoms with Crippen molar-refractivity contribution in [1.82, 2.24) is 25.1 Å². The van der Waals surface area contributed by atoms with Crippen LogP contribution >= 0.6 is 15.9 Å². The summed E-state index contributed by atoms with van der Waals surface area (Å²) in [5.41, 5.74) is 2.18. The number of hydrogen-bond acceptors (Lipinski definition) is 4. The van der Waals surface area contributed by atoms with Crippen LogP contribution in [0.3, 0.4) is 0 Å². The number of aromatic nitrogens is 4. The minimum Gasteiger partial charge on any atom is -0.311 e. The Labute approximate surface area is 115 Å². The Bertz CT molecular complexity index is 523. The maximum absolute atomic E-state index is 4.34. The van der Waals surface area contributed by atoms with Crippen LogP contribution in [0, 0.1) is 13.8 Å². The van der Waals surface area contributed by atoms with E-state index in [0.717, 1.165) is 41.2 Å². The molecule has 18 heavy (non-hydrogen) atoms. The predicted octanol–water partition coefficient (Wildman–Crippen LogP) is 1.84. The number of halogens is 1. The fourth-order valence-corrected chi connectivity index (χ4v) is 1.99. The largest absolute Gasteiger partial charge is 0.311 e. The summed E-state index contributed by atoms with van der Waals surface area (Å²) < 4.78 is 2.90. The van der Waals surface area contributed by atoms with Gasteiger partial charge in [0.2, 0.25) is 0 Å². The average molecular weight is 310 g/mol. The van der Waals surface area contributed by atoms with E-state index in [9.17, 15) is 0 Å². The van der Waals surface area contributed by atoms with Crippen molar-refractivity contribution in [3.05, 3.63) is 40.1 Å². The van der Waals surface area contributed by atoms with Gasteiger partial charge in [-0.25, -0.2) is 9.97 Å². The van der Waals surface area contributed by atoms with Gasteiger partial charge in [0.1, 0.15) is 5.82 Å². The van der Waals surface area contributed by atoms with E-state index in [4.69, 9.17) is 0 Å². The highest BCUT2D eigenvalue weighted by atomic mass is 79.9. The zero-order valence-corrected chi connectivity index (χ0v) is 12.1. The molecule has 0 saturated heterocycles. The zero-order valence-electron chi connectivity index (χ0n) is 10.5. The normalized spacial score (nSPS) is 10.8. The van der Waals surface area contributed by atoms with Gasteiger partial charge in [-0.05, 0) is 29.8 Å². The summed E-state index contributed by atoms with van der Waals surface area (Å²) in [6.07, 6.45) is 5.63. The lowest BCUT2D eigenvalue weighted by atomic mass is 10.2. The smallest absolute Gasteiger partial charge is 0.125 e. The molecule has 0 aliphatic rings. The third-order valence-corrected chi connectivity index (χ3v) is 3.05. The van der Waals surface area contributed by atoms with Crippen LogP contribution in [0.1, 0.15) is 17.1 Å². The van der Waals surface area contributed by atoms with Gasteiger partial charge in [-0.3, -0.25) is 4.68 Å². The number of nitrogens with zero attached hydrogens (tertiary/aromatic N) is 4. The van der Waals surface area contributed by atoms with E-state index in [0.29, 0.717) is 0 Å². The third-order valence-electron chi connectivity index (χ3n) is 2.64. The van der Waals surface area contributed by atoms with Gasteiger partial charge in [-0.1, -0.05) is 0 Å². The Kier molecular flexibility index (Phi) is 4.43. The third kappa shape index (κ3) is 3.61. The lowest BCUT2D eigenvalue weighted by Gasteiger charge is -2.07. The highest BCUT2D eigenvalue weighted by Crippen LogP contribution is 2.06. The first-order valence-electron chi connectivity index (χ1n) is 5.83. The summed E-state index contributed by atoms with van der Waals surface area (Å²) in [4.78, 5) is 8.54. The number of nitrogens with one attached hydrogen (secondary N) is 1. The summed E-state index contributed by atoms with van der Waals surface area (Å²) in [6.45, 7) is 6.41. The van der Waals surface area contributed by atoms with Crippen LogP contribution in [0.2, 0.25) is 0 Å². The number of rotatable bonds is 5. The molecule has 2 aromatic heterocycles. The van der Waals surface area contributed by atoms with Crippen molar-refractivity contribution in [2.24, 2.45) is 0 Å². The van der Waals surface area contributed by atoms with E-state index in [1.807, 2.05) is 30.9 Å². The van der Waals surface area contributed by atoms with Crippen LogP contribution in [0.5, 0.6) is 0 Å². The summed E-state index contributed by atoms with van der Waals surface area (Å²) >= 11 is 3.37. The van der Waals surface area contributed by atoms with Gasteiger partial charge in [0.25, 0.3) is 0 Å². The summed E-state index contributed by atoms with van der Waals surface area (Å²) in [7, 11) is 0. The highest BCUT2D eigenvalue weighted by molar-refractivity contribution is 9.10. The molecule has 0 aromatic carbocycles. The fraction of sp³-hybridized carbons (Fsp3) is 0.417. The highest BCUT2D eigenvalue weighted by Gasteiger charge is 2.00. The molecule has 2 heterocycles. The van der Waals surface area contributed by atoms with Gasteiger partial charge in [-0.2, -0.15) is 5.10 Å². The summed E-state index contributed by atoms with van der Waals surface area (Å²) in [5, 5.41) is 7.56. The SMILES string of the molecule is Cc1ncc(CNCCn2cc(Br)cn2)c(C)n1. The van der Waals surface area contributed by atoms with E-state index in [1.54, 1.807) is 6.20 Å². The molecule has 2 aromatic rings. The van der Waals surface area contributed by atoms with E-state index in [1.165, 1.54) is 0 Å². The average Bonchev–Trinajstić information content (AvgIpc) is 2.73. The topological polar surface area (TPSA) is 55.6 Å². The lowest BCUT2D eigenvalue weighted by molar-refractivity contribution is 0.553. The van der Waals surface area contributed by atoms with Crippen molar-refractivity contribution in [3.63, 3.8) is 0 Å². The number of aryl methyl sites for hydroxylation is 2. The molecule has 5 nitrogen and oxygen atoms in total. The van der Waals surface area contributed by atoms with Crippen molar-refractivity contribution in [1.29, 1.82) is 0 Å². The maximum Gasteiger partial charge on any atom is 0.125 e. The molecule has 0 saturated carbocycles. The van der Waals surface area contributed by atoms with Crippen LogP contribution in [0.25, 0.3) is 0 Å². The Hall–Kier alpha value is -1.27. The molecule has 6 heteroatoms. The van der Waals surface area contributed by atoms with Crippen molar-refractivity contribution in [2.75, 3.05) is 6.54 Å². The molecule has 0 aliphatic carbocycles.